The molecule has 4 rings (SSSR count). The molecule has 7 nitrogen and oxygen atoms in total. The van der Waals surface area contributed by atoms with E-state index in [-0.39, 0.29) is 5.91 Å². The van der Waals surface area contributed by atoms with Gasteiger partial charge in [0.05, 0.1) is 23.0 Å². The van der Waals surface area contributed by atoms with Gasteiger partial charge in [-0.2, -0.15) is 5.10 Å². The van der Waals surface area contributed by atoms with Crippen molar-refractivity contribution < 1.29 is 9.53 Å². The van der Waals surface area contributed by atoms with Crippen LogP contribution in [0, 0.1) is 5.92 Å². The molecule has 0 aromatic carbocycles. The number of hydrogen-bond acceptors (Lipinski definition) is 4. The van der Waals surface area contributed by atoms with Crippen LogP contribution in [0.15, 0.2) is 41.3 Å². The standard InChI is InChI=1S/C19H22BrN5O2/c1-27-13-16-18(25-7-3-2-4-17(25)22-16)19(26)23-8-5-14(6-9-23)11-24-12-15(20)10-21-24/h2-4,7,10,12,14H,5-6,8-9,11,13H2,1H3. The van der Waals surface area contributed by atoms with Gasteiger partial charge in [0.1, 0.15) is 11.3 Å². The Morgan fingerprint density at radius 1 is 1.33 bits per heavy atom. The molecule has 0 radical (unpaired) electrons. The van der Waals surface area contributed by atoms with Gasteiger partial charge >= 0.3 is 0 Å². The minimum atomic E-state index is 0.0287. The Kier molecular flexibility index (Phi) is 5.27. The molecule has 3 aromatic rings. The maximum absolute atomic E-state index is 13.2. The molecule has 1 saturated heterocycles. The number of pyridine rings is 1. The monoisotopic (exact) mass is 431 g/mol. The molecule has 142 valence electrons. The highest BCUT2D eigenvalue weighted by molar-refractivity contribution is 9.10. The van der Waals surface area contributed by atoms with Crippen molar-refractivity contribution in [2.75, 3.05) is 20.2 Å². The van der Waals surface area contributed by atoms with Crippen molar-refractivity contribution >= 4 is 27.5 Å². The molecule has 3 aromatic heterocycles. The number of rotatable bonds is 5. The van der Waals surface area contributed by atoms with Crippen LogP contribution in [0.4, 0.5) is 0 Å². The lowest BCUT2D eigenvalue weighted by Crippen LogP contribution is -2.40. The summed E-state index contributed by atoms with van der Waals surface area (Å²) in [4.78, 5) is 19.7. The molecule has 0 spiro atoms. The largest absolute Gasteiger partial charge is 0.378 e. The number of fused-ring (bicyclic) bond motifs is 1. The van der Waals surface area contributed by atoms with E-state index in [1.54, 1.807) is 13.3 Å². The van der Waals surface area contributed by atoms with E-state index < -0.39 is 0 Å². The first-order valence-electron chi connectivity index (χ1n) is 9.08. The van der Waals surface area contributed by atoms with Crippen molar-refractivity contribution in [2.45, 2.75) is 26.0 Å². The van der Waals surface area contributed by atoms with Crippen LogP contribution in [0.1, 0.15) is 29.0 Å². The van der Waals surface area contributed by atoms with Gasteiger partial charge in [0.15, 0.2) is 0 Å². The van der Waals surface area contributed by atoms with Gasteiger partial charge in [-0.1, -0.05) is 6.07 Å². The van der Waals surface area contributed by atoms with Crippen molar-refractivity contribution in [1.29, 1.82) is 0 Å². The fourth-order valence-electron chi connectivity index (χ4n) is 3.68. The Labute approximate surface area is 166 Å². The molecule has 0 bridgehead atoms. The highest BCUT2D eigenvalue weighted by atomic mass is 79.9. The summed E-state index contributed by atoms with van der Waals surface area (Å²) in [7, 11) is 1.62. The lowest BCUT2D eigenvalue weighted by molar-refractivity contribution is 0.0669. The molecule has 1 aliphatic heterocycles. The number of hydrogen-bond donors (Lipinski definition) is 0. The van der Waals surface area contributed by atoms with Gasteiger partial charge in [-0.3, -0.25) is 13.9 Å². The maximum Gasteiger partial charge on any atom is 0.272 e. The minimum absolute atomic E-state index is 0.0287. The second-order valence-corrected chi connectivity index (χ2v) is 7.80. The lowest BCUT2D eigenvalue weighted by atomic mass is 9.96. The summed E-state index contributed by atoms with van der Waals surface area (Å²) in [6.07, 6.45) is 7.63. The summed E-state index contributed by atoms with van der Waals surface area (Å²) < 4.78 is 10.1. The number of ether oxygens (including phenoxy) is 1. The summed E-state index contributed by atoms with van der Waals surface area (Å²) in [6, 6.07) is 5.74. The maximum atomic E-state index is 13.2. The lowest BCUT2D eigenvalue weighted by Gasteiger charge is -2.32. The number of nitrogens with zero attached hydrogens (tertiary/aromatic N) is 5. The number of carbonyl (C=O) groups is 1. The first-order valence-corrected chi connectivity index (χ1v) is 9.87. The van der Waals surface area contributed by atoms with E-state index in [0.29, 0.717) is 23.9 Å². The molecule has 4 heterocycles. The van der Waals surface area contributed by atoms with Crippen molar-refractivity contribution in [2.24, 2.45) is 5.92 Å². The normalized spacial score (nSPS) is 15.6. The van der Waals surface area contributed by atoms with Gasteiger partial charge in [0.25, 0.3) is 5.91 Å². The molecule has 0 saturated carbocycles. The summed E-state index contributed by atoms with van der Waals surface area (Å²) in [5, 5.41) is 4.33. The van der Waals surface area contributed by atoms with Gasteiger partial charge in [0.2, 0.25) is 0 Å². The second-order valence-electron chi connectivity index (χ2n) is 6.89. The van der Waals surface area contributed by atoms with Crippen LogP contribution in [0.25, 0.3) is 5.65 Å². The van der Waals surface area contributed by atoms with E-state index in [0.717, 1.165) is 42.6 Å². The first-order chi connectivity index (χ1) is 13.2. The molecule has 1 aliphatic rings. The number of carbonyl (C=O) groups excluding carboxylic acids is 1. The fraction of sp³-hybridized carbons (Fsp3) is 0.421. The Morgan fingerprint density at radius 3 is 2.85 bits per heavy atom. The Bertz CT molecular complexity index is 943. The zero-order valence-electron chi connectivity index (χ0n) is 15.2. The average molecular weight is 432 g/mol. The Balaban J connectivity index is 1.48. The molecule has 1 amide bonds. The van der Waals surface area contributed by atoms with Gasteiger partial charge < -0.3 is 9.64 Å². The minimum Gasteiger partial charge on any atom is -0.378 e. The quantitative estimate of drug-likeness (QED) is 0.622. The summed E-state index contributed by atoms with van der Waals surface area (Å²) in [5.74, 6) is 0.558. The fourth-order valence-corrected chi connectivity index (χ4v) is 4.01. The third-order valence-electron chi connectivity index (χ3n) is 5.03. The molecule has 8 heteroatoms. The molecule has 0 aliphatic carbocycles. The first kappa shape index (κ1) is 18.2. The van der Waals surface area contributed by atoms with Crippen molar-refractivity contribution in [3.05, 3.63) is 52.7 Å². The predicted octanol–water partition coefficient (Wildman–Crippen LogP) is 2.99. The number of halogens is 1. The van der Waals surface area contributed by atoms with Crippen molar-refractivity contribution in [3.8, 4) is 0 Å². The van der Waals surface area contributed by atoms with E-state index in [9.17, 15) is 4.79 Å². The van der Waals surface area contributed by atoms with Crippen LogP contribution in [0.5, 0.6) is 0 Å². The molecule has 0 unspecified atom stereocenters. The topological polar surface area (TPSA) is 64.7 Å². The number of methoxy groups -OCH3 is 1. The molecule has 1 fully saturated rings. The van der Waals surface area contributed by atoms with Gasteiger partial charge in [0, 0.05) is 39.1 Å². The highest BCUT2D eigenvalue weighted by Crippen LogP contribution is 2.23. The van der Waals surface area contributed by atoms with Crippen LogP contribution in [0.2, 0.25) is 0 Å². The van der Waals surface area contributed by atoms with E-state index in [1.165, 1.54) is 0 Å². The molecule has 0 atom stereocenters. The summed E-state index contributed by atoms with van der Waals surface area (Å²) in [6.45, 7) is 2.71. The Hall–Kier alpha value is -2.19. The second kappa shape index (κ2) is 7.82. The van der Waals surface area contributed by atoms with Crippen molar-refractivity contribution in [3.63, 3.8) is 0 Å². The van der Waals surface area contributed by atoms with Gasteiger partial charge in [-0.25, -0.2) is 4.98 Å². The summed E-state index contributed by atoms with van der Waals surface area (Å²) >= 11 is 3.43. The third kappa shape index (κ3) is 3.77. The summed E-state index contributed by atoms with van der Waals surface area (Å²) in [5.41, 5.74) is 2.08. The van der Waals surface area contributed by atoms with E-state index in [2.05, 4.69) is 26.0 Å². The van der Waals surface area contributed by atoms with Gasteiger partial charge in [-0.15, -0.1) is 0 Å². The average Bonchev–Trinajstić information content (AvgIpc) is 3.25. The molecule has 0 N–H and O–H groups in total. The molecular weight excluding hydrogens is 410 g/mol. The van der Waals surface area contributed by atoms with Crippen LogP contribution < -0.4 is 0 Å². The molecular formula is C19H22BrN5O2. The van der Waals surface area contributed by atoms with E-state index in [4.69, 9.17) is 4.74 Å². The Morgan fingerprint density at radius 2 is 2.15 bits per heavy atom. The zero-order chi connectivity index (χ0) is 18.8. The van der Waals surface area contributed by atoms with Crippen LogP contribution in [-0.4, -0.2) is 50.2 Å². The highest BCUT2D eigenvalue weighted by Gasteiger charge is 2.28. The van der Waals surface area contributed by atoms with Crippen LogP contribution in [-0.2, 0) is 17.9 Å². The van der Waals surface area contributed by atoms with Gasteiger partial charge in [-0.05, 0) is 46.8 Å². The molecule has 27 heavy (non-hydrogen) atoms. The number of amides is 1. The number of piperidine rings is 1. The van der Waals surface area contributed by atoms with Crippen LogP contribution in [0.3, 0.4) is 0 Å². The van der Waals surface area contributed by atoms with E-state index in [1.807, 2.05) is 44.6 Å². The number of aromatic nitrogens is 4. The number of imidazole rings is 1. The third-order valence-corrected chi connectivity index (χ3v) is 5.44. The predicted molar refractivity (Wildman–Crippen MR) is 104 cm³/mol. The van der Waals surface area contributed by atoms with Crippen LogP contribution >= 0.6 is 15.9 Å². The smallest absolute Gasteiger partial charge is 0.272 e. The van der Waals surface area contributed by atoms with Crippen molar-refractivity contribution in [1.82, 2.24) is 24.1 Å². The zero-order valence-corrected chi connectivity index (χ0v) is 16.8. The SMILES string of the molecule is COCc1nc2ccccn2c1C(=O)N1CCC(Cn2cc(Br)cn2)CC1. The van der Waals surface area contributed by atoms with E-state index >= 15 is 0 Å². The number of likely N-dealkylation sites (tertiary alicyclic amines) is 1.